The van der Waals surface area contributed by atoms with Crippen LogP contribution in [0.4, 0.5) is 0 Å². The zero-order chi connectivity index (χ0) is 23.5. The summed E-state index contributed by atoms with van der Waals surface area (Å²) in [5.41, 5.74) is 3.19. The van der Waals surface area contributed by atoms with Crippen molar-refractivity contribution >= 4 is 31.9 Å². The standard InChI is InChI=1S/C25H33BrN2O3S/c1-18(20-7-9-22(10-8-20)25(2,3)4)27-24(29)21-13-15-28(16-14-21)32(30,31)17-19-5-11-23(26)12-6-19/h5-12,18,21H,13-17H2,1-4H3,(H,27,29)/t18-/m1/s1. The summed E-state index contributed by atoms with van der Waals surface area (Å²) in [5, 5.41) is 3.11. The molecule has 1 saturated heterocycles. The third kappa shape index (κ3) is 6.42. The first kappa shape index (κ1) is 24.9. The summed E-state index contributed by atoms with van der Waals surface area (Å²) in [5.74, 6) is -0.175. The first-order valence-electron chi connectivity index (χ1n) is 11.1. The number of rotatable bonds is 6. The molecule has 1 heterocycles. The fourth-order valence-corrected chi connectivity index (χ4v) is 5.79. The van der Waals surface area contributed by atoms with E-state index >= 15 is 0 Å². The second-order valence-electron chi connectivity index (χ2n) is 9.66. The summed E-state index contributed by atoms with van der Waals surface area (Å²) in [7, 11) is -3.39. The molecule has 2 aromatic carbocycles. The molecule has 0 bridgehead atoms. The van der Waals surface area contributed by atoms with Crippen molar-refractivity contribution in [2.24, 2.45) is 5.92 Å². The number of piperidine rings is 1. The molecule has 32 heavy (non-hydrogen) atoms. The number of carbonyl (C=O) groups is 1. The number of hydrogen-bond acceptors (Lipinski definition) is 3. The first-order valence-corrected chi connectivity index (χ1v) is 13.5. The van der Waals surface area contributed by atoms with E-state index in [1.807, 2.05) is 31.2 Å². The number of nitrogens with one attached hydrogen (secondary N) is 1. The van der Waals surface area contributed by atoms with Crippen LogP contribution in [0.5, 0.6) is 0 Å². The first-order chi connectivity index (χ1) is 15.0. The number of halogens is 1. The smallest absolute Gasteiger partial charge is 0.223 e. The lowest BCUT2D eigenvalue weighted by molar-refractivity contribution is -0.126. The predicted molar refractivity (Wildman–Crippen MR) is 133 cm³/mol. The number of amides is 1. The number of benzene rings is 2. The third-order valence-electron chi connectivity index (χ3n) is 6.12. The Labute approximate surface area is 200 Å². The maximum absolute atomic E-state index is 12.8. The van der Waals surface area contributed by atoms with Crippen molar-refractivity contribution in [1.82, 2.24) is 9.62 Å². The molecule has 2 aromatic rings. The van der Waals surface area contributed by atoms with E-state index in [9.17, 15) is 13.2 Å². The molecule has 0 spiro atoms. The highest BCUT2D eigenvalue weighted by Gasteiger charge is 2.31. The van der Waals surface area contributed by atoms with Gasteiger partial charge in [0, 0.05) is 23.5 Å². The van der Waals surface area contributed by atoms with Gasteiger partial charge in [-0.2, -0.15) is 0 Å². The van der Waals surface area contributed by atoms with Crippen molar-refractivity contribution in [2.45, 2.75) is 57.7 Å². The largest absolute Gasteiger partial charge is 0.349 e. The van der Waals surface area contributed by atoms with Gasteiger partial charge in [-0.05, 0) is 54.0 Å². The molecule has 1 aliphatic rings. The second kappa shape index (κ2) is 10.1. The lowest BCUT2D eigenvalue weighted by atomic mass is 9.86. The number of carbonyl (C=O) groups excluding carboxylic acids is 1. The topological polar surface area (TPSA) is 66.5 Å². The maximum Gasteiger partial charge on any atom is 0.223 e. The lowest BCUT2D eigenvalue weighted by Crippen LogP contribution is -2.43. The van der Waals surface area contributed by atoms with Crippen molar-refractivity contribution in [3.63, 3.8) is 0 Å². The number of sulfonamides is 1. The molecule has 7 heteroatoms. The van der Waals surface area contributed by atoms with Gasteiger partial charge in [0.15, 0.2) is 0 Å². The fraction of sp³-hybridized carbons (Fsp3) is 0.480. The van der Waals surface area contributed by atoms with Gasteiger partial charge in [-0.3, -0.25) is 4.79 Å². The molecule has 1 aliphatic heterocycles. The molecule has 5 nitrogen and oxygen atoms in total. The Kier molecular flexibility index (Phi) is 7.84. The molecule has 0 aliphatic carbocycles. The van der Waals surface area contributed by atoms with Gasteiger partial charge >= 0.3 is 0 Å². The lowest BCUT2D eigenvalue weighted by Gasteiger charge is -2.31. The van der Waals surface area contributed by atoms with Crippen LogP contribution in [-0.4, -0.2) is 31.7 Å². The van der Waals surface area contributed by atoms with E-state index in [-0.39, 0.29) is 29.0 Å². The summed E-state index contributed by atoms with van der Waals surface area (Å²) in [6.45, 7) is 9.29. The Balaban J connectivity index is 1.53. The molecule has 1 N–H and O–H groups in total. The molecule has 0 unspecified atom stereocenters. The zero-order valence-electron chi connectivity index (χ0n) is 19.3. The normalized spacial score (nSPS) is 17.2. The van der Waals surface area contributed by atoms with Crippen molar-refractivity contribution < 1.29 is 13.2 Å². The van der Waals surface area contributed by atoms with Gasteiger partial charge in [-0.25, -0.2) is 12.7 Å². The highest BCUT2D eigenvalue weighted by molar-refractivity contribution is 9.10. The summed E-state index contributed by atoms with van der Waals surface area (Å²) >= 11 is 3.37. The minimum absolute atomic E-state index is 0.00218. The zero-order valence-corrected chi connectivity index (χ0v) is 21.7. The van der Waals surface area contributed by atoms with E-state index < -0.39 is 10.0 Å². The second-order valence-corrected chi connectivity index (χ2v) is 12.5. The Morgan fingerprint density at radius 3 is 2.16 bits per heavy atom. The minimum atomic E-state index is -3.39. The van der Waals surface area contributed by atoms with Crippen LogP contribution in [0, 0.1) is 5.92 Å². The summed E-state index contributed by atoms with van der Waals surface area (Å²) < 4.78 is 28.0. The average Bonchev–Trinajstić information content (AvgIpc) is 2.75. The SMILES string of the molecule is C[C@@H](NC(=O)C1CCN(S(=O)(=O)Cc2ccc(Br)cc2)CC1)c1ccc(C(C)(C)C)cc1. The Hall–Kier alpha value is -1.70. The predicted octanol–water partition coefficient (Wildman–Crippen LogP) is 5.17. The van der Waals surface area contributed by atoms with Crippen LogP contribution < -0.4 is 5.32 Å². The summed E-state index contributed by atoms with van der Waals surface area (Å²) in [6, 6.07) is 15.6. The Bertz CT molecular complexity index is 1020. The molecular formula is C25H33BrN2O3S. The third-order valence-corrected chi connectivity index (χ3v) is 8.49. The van der Waals surface area contributed by atoms with Crippen molar-refractivity contribution in [1.29, 1.82) is 0 Å². The average molecular weight is 522 g/mol. The van der Waals surface area contributed by atoms with Gasteiger partial charge in [0.1, 0.15) is 0 Å². The highest BCUT2D eigenvalue weighted by atomic mass is 79.9. The van der Waals surface area contributed by atoms with Gasteiger partial charge in [0.25, 0.3) is 0 Å². The molecule has 1 fully saturated rings. The molecule has 1 amide bonds. The molecule has 3 rings (SSSR count). The van der Waals surface area contributed by atoms with Crippen LogP contribution in [0.15, 0.2) is 53.0 Å². The summed E-state index contributed by atoms with van der Waals surface area (Å²) in [6.07, 6.45) is 1.09. The molecule has 0 aromatic heterocycles. The number of hydrogen-bond donors (Lipinski definition) is 1. The Morgan fingerprint density at radius 2 is 1.62 bits per heavy atom. The van der Waals surface area contributed by atoms with E-state index in [4.69, 9.17) is 0 Å². The molecule has 0 saturated carbocycles. The van der Waals surface area contributed by atoms with Crippen molar-refractivity contribution in [2.75, 3.05) is 13.1 Å². The van der Waals surface area contributed by atoms with Crippen LogP contribution in [0.25, 0.3) is 0 Å². The van der Waals surface area contributed by atoms with Crippen LogP contribution >= 0.6 is 15.9 Å². The van der Waals surface area contributed by atoms with Crippen LogP contribution in [-0.2, 0) is 26.0 Å². The highest BCUT2D eigenvalue weighted by Crippen LogP contribution is 2.26. The molecule has 174 valence electrons. The van der Waals surface area contributed by atoms with Gasteiger partial charge < -0.3 is 5.32 Å². The van der Waals surface area contributed by atoms with Gasteiger partial charge in [-0.15, -0.1) is 0 Å². The van der Waals surface area contributed by atoms with E-state index in [1.54, 1.807) is 0 Å². The quantitative estimate of drug-likeness (QED) is 0.571. The fourth-order valence-electron chi connectivity index (χ4n) is 3.97. The van der Waals surface area contributed by atoms with Gasteiger partial charge in [-0.1, -0.05) is 73.1 Å². The van der Waals surface area contributed by atoms with Crippen LogP contribution in [0.2, 0.25) is 0 Å². The number of nitrogens with zero attached hydrogens (tertiary/aromatic N) is 1. The van der Waals surface area contributed by atoms with Crippen molar-refractivity contribution in [3.05, 3.63) is 69.7 Å². The van der Waals surface area contributed by atoms with Crippen LogP contribution in [0.1, 0.15) is 63.3 Å². The van der Waals surface area contributed by atoms with Crippen molar-refractivity contribution in [3.8, 4) is 0 Å². The monoisotopic (exact) mass is 520 g/mol. The van der Waals surface area contributed by atoms with Gasteiger partial charge in [0.05, 0.1) is 11.8 Å². The Morgan fingerprint density at radius 1 is 1.06 bits per heavy atom. The van der Waals surface area contributed by atoms with E-state index in [0.717, 1.165) is 15.6 Å². The van der Waals surface area contributed by atoms with Gasteiger partial charge in [0.2, 0.25) is 15.9 Å². The van der Waals surface area contributed by atoms with E-state index in [2.05, 4.69) is 66.3 Å². The molecule has 0 radical (unpaired) electrons. The van der Waals surface area contributed by atoms with E-state index in [1.165, 1.54) is 9.87 Å². The van der Waals surface area contributed by atoms with Crippen LogP contribution in [0.3, 0.4) is 0 Å². The van der Waals surface area contributed by atoms with E-state index in [0.29, 0.717) is 25.9 Å². The summed E-state index contributed by atoms with van der Waals surface area (Å²) in [4.78, 5) is 12.8. The molecular weight excluding hydrogens is 488 g/mol. The molecule has 1 atom stereocenters. The minimum Gasteiger partial charge on any atom is -0.349 e. The maximum atomic E-state index is 12.8.